The molecule has 22 heavy (non-hydrogen) atoms. The molecule has 0 saturated heterocycles. The summed E-state index contributed by atoms with van der Waals surface area (Å²) in [5, 5.41) is 6.48. The number of nitrogens with zero attached hydrogens (tertiary/aromatic N) is 2. The van der Waals surface area contributed by atoms with Crippen LogP contribution in [0.1, 0.15) is 6.92 Å². The number of ether oxygens (including phenoxy) is 1. The Labute approximate surface area is 125 Å². The average molecular weight is 305 g/mol. The van der Waals surface area contributed by atoms with Crippen LogP contribution in [0.2, 0.25) is 0 Å². The van der Waals surface area contributed by atoms with E-state index in [0.29, 0.717) is 11.5 Å². The maximum absolute atomic E-state index is 11.9. The molecule has 8 heteroatoms. The SMILES string of the molecule is COC(=O)[C@H](C)NC(=O)Cn1nc(-c2ccco2)ccc1=O. The lowest BCUT2D eigenvalue weighted by molar-refractivity contribution is -0.144. The topological polar surface area (TPSA) is 103 Å². The molecule has 0 fully saturated rings. The van der Waals surface area contributed by atoms with Crippen LogP contribution >= 0.6 is 0 Å². The zero-order valence-corrected chi connectivity index (χ0v) is 12.1. The van der Waals surface area contributed by atoms with E-state index in [0.717, 1.165) is 4.68 Å². The first-order valence-electron chi connectivity index (χ1n) is 6.50. The molecule has 0 spiro atoms. The maximum atomic E-state index is 11.9. The van der Waals surface area contributed by atoms with Crippen molar-refractivity contribution in [1.82, 2.24) is 15.1 Å². The fourth-order valence-electron chi connectivity index (χ4n) is 1.78. The van der Waals surface area contributed by atoms with Gasteiger partial charge in [0.05, 0.1) is 13.4 Å². The normalized spacial score (nSPS) is 11.7. The van der Waals surface area contributed by atoms with Crippen LogP contribution in [0.3, 0.4) is 0 Å². The highest BCUT2D eigenvalue weighted by Gasteiger charge is 2.17. The van der Waals surface area contributed by atoms with Gasteiger partial charge < -0.3 is 14.5 Å². The first-order chi connectivity index (χ1) is 10.5. The van der Waals surface area contributed by atoms with Gasteiger partial charge in [0, 0.05) is 6.07 Å². The molecule has 1 amide bonds. The Morgan fingerprint density at radius 3 is 2.82 bits per heavy atom. The van der Waals surface area contributed by atoms with Crippen LogP contribution in [0.25, 0.3) is 11.5 Å². The number of carbonyl (C=O) groups excluding carboxylic acids is 2. The van der Waals surface area contributed by atoms with E-state index in [2.05, 4.69) is 15.2 Å². The lowest BCUT2D eigenvalue weighted by Crippen LogP contribution is -2.42. The van der Waals surface area contributed by atoms with Crippen LogP contribution < -0.4 is 10.9 Å². The van der Waals surface area contributed by atoms with Gasteiger partial charge in [0.15, 0.2) is 5.76 Å². The highest BCUT2D eigenvalue weighted by Crippen LogP contribution is 2.14. The van der Waals surface area contributed by atoms with Crippen LogP contribution in [0.5, 0.6) is 0 Å². The minimum absolute atomic E-state index is 0.311. The van der Waals surface area contributed by atoms with Crippen molar-refractivity contribution in [3.63, 3.8) is 0 Å². The summed E-state index contributed by atoms with van der Waals surface area (Å²) in [6.45, 7) is 1.17. The third-order valence-corrected chi connectivity index (χ3v) is 2.87. The zero-order chi connectivity index (χ0) is 16.1. The van der Waals surface area contributed by atoms with Gasteiger partial charge >= 0.3 is 5.97 Å². The van der Waals surface area contributed by atoms with Gasteiger partial charge in [-0.1, -0.05) is 0 Å². The summed E-state index contributed by atoms with van der Waals surface area (Å²) in [6, 6.07) is 5.38. The molecule has 0 bridgehead atoms. The maximum Gasteiger partial charge on any atom is 0.328 e. The van der Waals surface area contributed by atoms with E-state index in [-0.39, 0.29) is 6.54 Å². The minimum Gasteiger partial charge on any atom is -0.467 e. The monoisotopic (exact) mass is 305 g/mol. The second kappa shape index (κ2) is 6.70. The Morgan fingerprint density at radius 2 is 2.18 bits per heavy atom. The third-order valence-electron chi connectivity index (χ3n) is 2.87. The average Bonchev–Trinajstić information content (AvgIpc) is 3.02. The molecular weight excluding hydrogens is 290 g/mol. The van der Waals surface area contributed by atoms with Gasteiger partial charge in [0.1, 0.15) is 18.3 Å². The van der Waals surface area contributed by atoms with E-state index in [1.54, 1.807) is 12.1 Å². The van der Waals surface area contributed by atoms with Crippen molar-refractivity contribution < 1.29 is 18.7 Å². The Morgan fingerprint density at radius 1 is 1.41 bits per heavy atom. The Balaban J connectivity index is 2.12. The van der Waals surface area contributed by atoms with Gasteiger partial charge in [0.25, 0.3) is 5.56 Å². The largest absolute Gasteiger partial charge is 0.467 e. The number of rotatable bonds is 5. The quantitative estimate of drug-likeness (QED) is 0.790. The molecule has 0 saturated carbocycles. The molecule has 8 nitrogen and oxygen atoms in total. The summed E-state index contributed by atoms with van der Waals surface area (Å²) < 4.78 is 10.7. The van der Waals surface area contributed by atoms with E-state index in [1.165, 1.54) is 32.4 Å². The molecule has 0 aromatic carbocycles. The number of furan rings is 1. The van der Waals surface area contributed by atoms with Crippen LogP contribution in [-0.4, -0.2) is 34.8 Å². The lowest BCUT2D eigenvalue weighted by Gasteiger charge is -2.12. The van der Waals surface area contributed by atoms with Gasteiger partial charge in [-0.2, -0.15) is 5.10 Å². The third kappa shape index (κ3) is 3.60. The Kier molecular flexibility index (Phi) is 4.72. The molecule has 1 atom stereocenters. The number of carbonyl (C=O) groups is 2. The van der Waals surface area contributed by atoms with Crippen molar-refractivity contribution in [3.8, 4) is 11.5 Å². The number of methoxy groups -OCH3 is 1. The summed E-state index contributed by atoms with van der Waals surface area (Å²) >= 11 is 0. The molecule has 1 N–H and O–H groups in total. The number of hydrogen-bond donors (Lipinski definition) is 1. The van der Waals surface area contributed by atoms with Gasteiger partial charge in [0.2, 0.25) is 5.91 Å². The summed E-state index contributed by atoms with van der Waals surface area (Å²) in [5.74, 6) is -0.612. The van der Waals surface area contributed by atoms with Crippen LogP contribution in [-0.2, 0) is 20.9 Å². The molecule has 0 aliphatic rings. The number of aromatic nitrogens is 2. The number of nitrogens with one attached hydrogen (secondary N) is 1. The first kappa shape index (κ1) is 15.5. The van der Waals surface area contributed by atoms with Crippen molar-refractivity contribution in [2.45, 2.75) is 19.5 Å². The van der Waals surface area contributed by atoms with Gasteiger partial charge in [-0.15, -0.1) is 0 Å². The van der Waals surface area contributed by atoms with Crippen molar-refractivity contribution in [2.75, 3.05) is 7.11 Å². The van der Waals surface area contributed by atoms with Crippen LogP contribution in [0.15, 0.2) is 39.7 Å². The fraction of sp³-hybridized carbons (Fsp3) is 0.286. The number of hydrogen-bond acceptors (Lipinski definition) is 6. The van der Waals surface area contributed by atoms with Crippen molar-refractivity contribution >= 4 is 11.9 Å². The van der Waals surface area contributed by atoms with Gasteiger partial charge in [-0.05, 0) is 25.1 Å². The number of esters is 1. The van der Waals surface area contributed by atoms with Crippen molar-refractivity contribution in [1.29, 1.82) is 0 Å². The van der Waals surface area contributed by atoms with E-state index in [1.807, 2.05) is 0 Å². The smallest absolute Gasteiger partial charge is 0.328 e. The van der Waals surface area contributed by atoms with Crippen molar-refractivity contribution in [3.05, 3.63) is 40.9 Å². The standard InChI is InChI=1S/C14H15N3O5/c1-9(14(20)21-2)15-12(18)8-17-13(19)6-5-10(16-17)11-4-3-7-22-11/h3-7,9H,8H2,1-2H3,(H,15,18)/t9-/m0/s1. The molecule has 2 aromatic rings. The highest BCUT2D eigenvalue weighted by atomic mass is 16.5. The van der Waals surface area contributed by atoms with Crippen molar-refractivity contribution in [2.24, 2.45) is 0 Å². The molecule has 0 aliphatic heterocycles. The summed E-state index contributed by atoms with van der Waals surface area (Å²) in [6.07, 6.45) is 1.48. The number of amides is 1. The van der Waals surface area contributed by atoms with Gasteiger partial charge in [-0.25, -0.2) is 9.48 Å². The first-order valence-corrected chi connectivity index (χ1v) is 6.50. The van der Waals surface area contributed by atoms with Gasteiger partial charge in [-0.3, -0.25) is 9.59 Å². The molecule has 2 heterocycles. The second-order valence-corrected chi connectivity index (χ2v) is 4.50. The Hall–Kier alpha value is -2.90. The summed E-state index contributed by atoms with van der Waals surface area (Å²) in [4.78, 5) is 34.8. The minimum atomic E-state index is -0.804. The molecule has 0 unspecified atom stereocenters. The molecule has 2 aromatic heterocycles. The molecular formula is C14H15N3O5. The molecule has 2 rings (SSSR count). The fourth-order valence-corrected chi connectivity index (χ4v) is 1.78. The van der Waals surface area contributed by atoms with Crippen LogP contribution in [0.4, 0.5) is 0 Å². The predicted molar refractivity (Wildman–Crippen MR) is 75.8 cm³/mol. The van der Waals surface area contributed by atoms with E-state index in [9.17, 15) is 14.4 Å². The molecule has 0 radical (unpaired) electrons. The summed E-state index contributed by atoms with van der Waals surface area (Å²) in [7, 11) is 1.23. The van der Waals surface area contributed by atoms with Crippen LogP contribution in [0, 0.1) is 0 Å². The highest BCUT2D eigenvalue weighted by molar-refractivity contribution is 5.83. The Bertz CT molecular complexity index is 720. The summed E-state index contributed by atoms with van der Waals surface area (Å²) in [5.41, 5.74) is -0.00501. The molecule has 0 aliphatic carbocycles. The molecule has 116 valence electrons. The zero-order valence-electron chi connectivity index (χ0n) is 12.1. The second-order valence-electron chi connectivity index (χ2n) is 4.50. The van der Waals surface area contributed by atoms with E-state index >= 15 is 0 Å². The lowest BCUT2D eigenvalue weighted by atomic mass is 10.3. The predicted octanol–water partition coefficient (Wildman–Crippen LogP) is 0.181. The van der Waals surface area contributed by atoms with E-state index in [4.69, 9.17) is 4.42 Å². The van der Waals surface area contributed by atoms with E-state index < -0.39 is 23.5 Å².